The number of nitrogens with zero attached hydrogens (tertiary/aromatic N) is 2. The molecule has 4 heterocycles. The number of hydrogen-bond acceptors (Lipinski definition) is 5. The number of carbonyl (C=O) groups is 1. The minimum absolute atomic E-state index is 0.157. The van der Waals surface area contributed by atoms with E-state index in [9.17, 15) is 9.59 Å². The van der Waals surface area contributed by atoms with Crippen molar-refractivity contribution in [2.45, 2.75) is 13.0 Å². The van der Waals surface area contributed by atoms with E-state index in [1.807, 2.05) is 91.3 Å². The first-order valence-corrected chi connectivity index (χ1v) is 12.8. The minimum atomic E-state index is -0.542. The third-order valence-electron chi connectivity index (χ3n) is 6.02. The van der Waals surface area contributed by atoms with Gasteiger partial charge in [0.05, 0.1) is 15.8 Å². The molecule has 172 valence electrons. The number of allylic oxidation sites excluding steroid dienone is 1. The van der Waals surface area contributed by atoms with Gasteiger partial charge in [-0.15, -0.1) is 11.3 Å². The van der Waals surface area contributed by atoms with Crippen LogP contribution in [0.25, 0.3) is 17.0 Å². The molecule has 6 nitrogen and oxygen atoms in total. The monoisotopic (exact) mass is 496 g/mol. The summed E-state index contributed by atoms with van der Waals surface area (Å²) in [5.74, 6) is -0.262. The Balaban J connectivity index is 1.51. The van der Waals surface area contributed by atoms with E-state index in [-0.39, 0.29) is 11.5 Å². The van der Waals surface area contributed by atoms with Crippen molar-refractivity contribution in [3.05, 3.63) is 120 Å². The van der Waals surface area contributed by atoms with Crippen LogP contribution in [-0.2, 0) is 4.79 Å². The molecule has 5 aromatic rings. The van der Waals surface area contributed by atoms with Gasteiger partial charge in [-0.25, -0.2) is 4.99 Å². The molecule has 0 saturated carbocycles. The molecule has 0 saturated heterocycles. The highest BCUT2D eigenvalue weighted by Gasteiger charge is 2.33. The summed E-state index contributed by atoms with van der Waals surface area (Å²) < 4.78 is 2.23. The molecule has 8 heteroatoms. The second kappa shape index (κ2) is 8.65. The Morgan fingerprint density at radius 2 is 1.89 bits per heavy atom. The molecule has 0 fully saturated rings. The molecule has 6 rings (SSSR count). The quantitative estimate of drug-likeness (QED) is 0.386. The van der Waals surface area contributed by atoms with Crippen LogP contribution < -0.4 is 20.2 Å². The zero-order valence-corrected chi connectivity index (χ0v) is 20.3. The Morgan fingerprint density at radius 3 is 2.69 bits per heavy atom. The Morgan fingerprint density at radius 1 is 1.09 bits per heavy atom. The fourth-order valence-electron chi connectivity index (χ4n) is 4.40. The van der Waals surface area contributed by atoms with Crippen molar-refractivity contribution in [2.75, 3.05) is 5.32 Å². The Bertz CT molecular complexity index is 1770. The molecule has 2 aromatic carbocycles. The number of anilines is 1. The van der Waals surface area contributed by atoms with Crippen LogP contribution in [0.4, 0.5) is 5.69 Å². The average molecular weight is 497 g/mol. The number of aromatic amines is 1. The zero-order valence-electron chi connectivity index (χ0n) is 18.7. The van der Waals surface area contributed by atoms with Crippen molar-refractivity contribution in [1.29, 1.82) is 0 Å². The Kier molecular flexibility index (Phi) is 5.32. The first kappa shape index (κ1) is 21.5. The smallest absolute Gasteiger partial charge is 0.271 e. The second-order valence-electron chi connectivity index (χ2n) is 8.21. The highest BCUT2D eigenvalue weighted by molar-refractivity contribution is 7.10. The molecular weight excluding hydrogens is 476 g/mol. The first-order valence-electron chi connectivity index (χ1n) is 11.1. The van der Waals surface area contributed by atoms with E-state index in [0.717, 1.165) is 21.3 Å². The number of fused-ring (bicyclic) bond motifs is 2. The zero-order chi connectivity index (χ0) is 23.9. The normalized spacial score (nSPS) is 15.8. The van der Waals surface area contributed by atoms with Gasteiger partial charge in [-0.2, -0.15) is 0 Å². The number of amides is 1. The van der Waals surface area contributed by atoms with Gasteiger partial charge in [0.1, 0.15) is 6.04 Å². The lowest BCUT2D eigenvalue weighted by Crippen LogP contribution is -2.40. The van der Waals surface area contributed by atoms with Gasteiger partial charge in [0.25, 0.3) is 11.5 Å². The van der Waals surface area contributed by atoms with Gasteiger partial charge in [-0.1, -0.05) is 53.8 Å². The van der Waals surface area contributed by atoms with Crippen molar-refractivity contribution < 1.29 is 4.79 Å². The topological polar surface area (TPSA) is 79.2 Å². The summed E-state index contributed by atoms with van der Waals surface area (Å²) in [4.78, 5) is 36.7. The molecular formula is C27H20N4O2S2. The third kappa shape index (κ3) is 3.77. The summed E-state index contributed by atoms with van der Waals surface area (Å²) in [6.45, 7) is 1.83. The maximum atomic E-state index is 13.7. The second-order valence-corrected chi connectivity index (χ2v) is 10.2. The van der Waals surface area contributed by atoms with Gasteiger partial charge in [-0.05, 0) is 42.6 Å². The molecule has 0 bridgehead atoms. The van der Waals surface area contributed by atoms with Crippen LogP contribution in [0.5, 0.6) is 0 Å². The lowest BCUT2D eigenvalue weighted by Gasteiger charge is -2.24. The van der Waals surface area contributed by atoms with Crippen LogP contribution in [0, 0.1) is 0 Å². The maximum Gasteiger partial charge on any atom is 0.271 e. The molecule has 1 aliphatic heterocycles. The van der Waals surface area contributed by atoms with E-state index in [0.29, 0.717) is 26.3 Å². The predicted molar refractivity (Wildman–Crippen MR) is 141 cm³/mol. The third-order valence-corrected chi connectivity index (χ3v) is 7.93. The van der Waals surface area contributed by atoms with Crippen LogP contribution in [0.15, 0.2) is 99.4 Å². The Labute approximate surface area is 208 Å². The van der Waals surface area contributed by atoms with E-state index in [1.54, 1.807) is 4.57 Å². The predicted octanol–water partition coefficient (Wildman–Crippen LogP) is 4.42. The number of nitrogens with one attached hydrogen (secondary N) is 2. The minimum Gasteiger partial charge on any atom is -0.361 e. The average Bonchev–Trinajstić information content (AvgIpc) is 3.60. The molecule has 0 aliphatic carbocycles. The summed E-state index contributed by atoms with van der Waals surface area (Å²) in [6, 6.07) is 20.6. The van der Waals surface area contributed by atoms with Crippen LogP contribution in [-0.4, -0.2) is 15.5 Å². The SMILES string of the molecule is CC1=C(C(=O)Nc2ccccc2)C(c2cccs2)n2c(s/c(=C/c3c[nH]c4ccccc34)c2=O)=N1. The van der Waals surface area contributed by atoms with Crippen molar-refractivity contribution in [2.24, 2.45) is 4.99 Å². The van der Waals surface area contributed by atoms with Gasteiger partial charge in [-0.3, -0.25) is 14.2 Å². The van der Waals surface area contributed by atoms with Crippen molar-refractivity contribution >= 4 is 51.2 Å². The number of carbonyl (C=O) groups excluding carboxylic acids is 1. The van der Waals surface area contributed by atoms with Crippen molar-refractivity contribution in [1.82, 2.24) is 9.55 Å². The number of aromatic nitrogens is 2. The van der Waals surface area contributed by atoms with Crippen LogP contribution in [0.2, 0.25) is 0 Å². The van der Waals surface area contributed by atoms with Gasteiger partial charge in [0.2, 0.25) is 0 Å². The molecule has 1 unspecified atom stereocenters. The first-order chi connectivity index (χ1) is 17.1. The van der Waals surface area contributed by atoms with Gasteiger partial charge in [0.15, 0.2) is 4.80 Å². The Hall–Kier alpha value is -4.01. The number of thiophene rings is 1. The fourth-order valence-corrected chi connectivity index (χ4v) is 6.26. The van der Waals surface area contributed by atoms with Gasteiger partial charge < -0.3 is 10.3 Å². The molecule has 35 heavy (non-hydrogen) atoms. The summed E-state index contributed by atoms with van der Waals surface area (Å²) in [5, 5.41) is 5.98. The van der Waals surface area contributed by atoms with Crippen LogP contribution in [0.1, 0.15) is 23.4 Å². The van der Waals surface area contributed by atoms with E-state index >= 15 is 0 Å². The summed E-state index contributed by atoms with van der Waals surface area (Å²) >= 11 is 2.87. The molecule has 0 spiro atoms. The van der Waals surface area contributed by atoms with Crippen LogP contribution in [0.3, 0.4) is 0 Å². The lowest BCUT2D eigenvalue weighted by atomic mass is 10.0. The molecule has 0 radical (unpaired) electrons. The standard InChI is InChI=1S/C27H20N4O2S2/c1-16-23(25(32)30-18-8-3-2-4-9-18)24(21-12-7-13-34-21)31-26(33)22(35-27(31)29-16)14-17-15-28-20-11-6-5-10-19(17)20/h2-15,24,28H,1H3,(H,30,32)/b22-14+. The largest absolute Gasteiger partial charge is 0.361 e. The van der Waals surface area contributed by atoms with E-state index in [2.05, 4.69) is 10.3 Å². The van der Waals surface area contributed by atoms with Gasteiger partial charge in [0, 0.05) is 33.2 Å². The van der Waals surface area contributed by atoms with Crippen LogP contribution >= 0.6 is 22.7 Å². The van der Waals surface area contributed by atoms with E-state index < -0.39 is 6.04 Å². The number of benzene rings is 2. The highest BCUT2D eigenvalue weighted by atomic mass is 32.1. The van der Waals surface area contributed by atoms with E-state index in [4.69, 9.17) is 4.99 Å². The fraction of sp³-hybridized carbons (Fsp3) is 0.0741. The summed E-state index contributed by atoms with van der Waals surface area (Å²) in [5.41, 5.74) is 3.57. The number of hydrogen-bond donors (Lipinski definition) is 2. The van der Waals surface area contributed by atoms with Crippen molar-refractivity contribution in [3.63, 3.8) is 0 Å². The summed E-state index contributed by atoms with van der Waals surface area (Å²) in [7, 11) is 0. The molecule has 1 amide bonds. The number of thiazole rings is 1. The molecule has 1 atom stereocenters. The number of H-pyrrole nitrogens is 1. The van der Waals surface area contributed by atoms with Crippen molar-refractivity contribution in [3.8, 4) is 0 Å². The number of para-hydroxylation sites is 2. The number of rotatable bonds is 4. The maximum absolute atomic E-state index is 13.7. The lowest BCUT2D eigenvalue weighted by molar-refractivity contribution is -0.113. The highest BCUT2D eigenvalue weighted by Crippen LogP contribution is 2.33. The molecule has 3 aromatic heterocycles. The van der Waals surface area contributed by atoms with E-state index in [1.165, 1.54) is 22.7 Å². The summed E-state index contributed by atoms with van der Waals surface area (Å²) in [6.07, 6.45) is 3.81. The molecule has 1 aliphatic rings. The van der Waals surface area contributed by atoms with Gasteiger partial charge >= 0.3 is 0 Å². The molecule has 2 N–H and O–H groups in total.